The monoisotopic (exact) mass is 419 g/mol. The highest BCUT2D eigenvalue weighted by Gasteiger charge is 2.16. The van der Waals surface area contributed by atoms with Gasteiger partial charge in [-0.15, -0.1) is 0 Å². The number of nitrogens with zero attached hydrogens (tertiary/aromatic N) is 1. The van der Waals surface area contributed by atoms with Crippen molar-refractivity contribution in [3.63, 3.8) is 0 Å². The van der Waals surface area contributed by atoms with Crippen LogP contribution in [0.25, 0.3) is 17.4 Å². The van der Waals surface area contributed by atoms with Gasteiger partial charge in [-0.2, -0.15) is 0 Å². The number of nitro benzene ring substituents is 1. The van der Waals surface area contributed by atoms with Crippen molar-refractivity contribution >= 4 is 23.6 Å². The van der Waals surface area contributed by atoms with Crippen molar-refractivity contribution in [3.8, 4) is 11.3 Å². The molecule has 31 heavy (non-hydrogen) atoms. The van der Waals surface area contributed by atoms with Crippen molar-refractivity contribution in [2.24, 2.45) is 0 Å². The van der Waals surface area contributed by atoms with Crippen LogP contribution in [-0.2, 0) is 4.79 Å². The lowest BCUT2D eigenvalue weighted by Gasteiger charge is -2.10. The fourth-order valence-electron chi connectivity index (χ4n) is 2.78. The zero-order valence-corrected chi connectivity index (χ0v) is 16.8. The second-order valence-corrected chi connectivity index (χ2v) is 6.64. The normalized spacial score (nSPS) is 11.1. The molecule has 0 spiro atoms. The molecule has 0 atom stereocenters. The topological polar surface area (TPSA) is 114 Å². The van der Waals surface area contributed by atoms with Gasteiger partial charge in [0.25, 0.3) is 17.5 Å². The van der Waals surface area contributed by atoms with Crippen LogP contribution < -0.4 is 10.6 Å². The van der Waals surface area contributed by atoms with Crippen LogP contribution >= 0.6 is 0 Å². The lowest BCUT2D eigenvalue weighted by atomic mass is 10.1. The van der Waals surface area contributed by atoms with Crippen LogP contribution in [0.1, 0.15) is 29.5 Å². The van der Waals surface area contributed by atoms with Crippen LogP contribution in [0.15, 0.2) is 76.8 Å². The maximum atomic E-state index is 12.6. The third-order valence-electron chi connectivity index (χ3n) is 4.32. The zero-order valence-electron chi connectivity index (χ0n) is 16.8. The molecule has 0 aliphatic carbocycles. The van der Waals surface area contributed by atoms with E-state index in [1.54, 1.807) is 54.6 Å². The van der Waals surface area contributed by atoms with Gasteiger partial charge < -0.3 is 15.1 Å². The Bertz CT molecular complexity index is 1120. The minimum atomic E-state index is -0.484. The molecular formula is C23H21N3O5. The molecular weight excluding hydrogens is 398 g/mol. The van der Waals surface area contributed by atoms with E-state index in [2.05, 4.69) is 10.6 Å². The summed E-state index contributed by atoms with van der Waals surface area (Å²) in [6, 6.07) is 17.8. The van der Waals surface area contributed by atoms with E-state index < -0.39 is 16.7 Å². The largest absolute Gasteiger partial charge is 0.457 e. The molecule has 0 aliphatic heterocycles. The van der Waals surface area contributed by atoms with E-state index in [0.29, 0.717) is 29.2 Å². The summed E-state index contributed by atoms with van der Waals surface area (Å²) >= 11 is 0. The number of benzene rings is 2. The van der Waals surface area contributed by atoms with Gasteiger partial charge in [0.1, 0.15) is 17.2 Å². The van der Waals surface area contributed by atoms with Crippen molar-refractivity contribution in [1.29, 1.82) is 0 Å². The number of carbonyl (C=O) groups is 2. The van der Waals surface area contributed by atoms with Crippen LogP contribution in [0.4, 0.5) is 5.69 Å². The molecule has 1 aromatic heterocycles. The molecule has 1 heterocycles. The predicted octanol–water partition coefficient (Wildman–Crippen LogP) is 4.15. The number of nitro groups is 1. The Morgan fingerprint density at radius 3 is 2.55 bits per heavy atom. The SMILES string of the molecule is CCCNC(=O)/C(=C\c1ccc(-c2cccc([N+](=O)[O-])c2)o1)NC(=O)c1ccccc1. The highest BCUT2D eigenvalue weighted by molar-refractivity contribution is 6.05. The van der Waals surface area contributed by atoms with Crippen LogP contribution in [0, 0.1) is 10.1 Å². The lowest BCUT2D eigenvalue weighted by molar-refractivity contribution is -0.384. The molecule has 8 heteroatoms. The Kier molecular flexibility index (Phi) is 6.95. The van der Waals surface area contributed by atoms with Gasteiger partial charge in [-0.25, -0.2) is 0 Å². The molecule has 3 aromatic rings. The van der Waals surface area contributed by atoms with E-state index in [9.17, 15) is 19.7 Å². The van der Waals surface area contributed by atoms with E-state index in [4.69, 9.17) is 4.42 Å². The highest BCUT2D eigenvalue weighted by Crippen LogP contribution is 2.26. The number of hydrogen-bond acceptors (Lipinski definition) is 5. The van der Waals surface area contributed by atoms with Gasteiger partial charge in [0.2, 0.25) is 0 Å². The molecule has 2 N–H and O–H groups in total. The quantitative estimate of drug-likeness (QED) is 0.323. The molecule has 0 bridgehead atoms. The van der Waals surface area contributed by atoms with E-state index in [-0.39, 0.29) is 11.4 Å². The second-order valence-electron chi connectivity index (χ2n) is 6.64. The molecule has 158 valence electrons. The van der Waals surface area contributed by atoms with Gasteiger partial charge in [-0.05, 0) is 30.7 Å². The van der Waals surface area contributed by atoms with E-state index in [1.165, 1.54) is 18.2 Å². The standard InChI is InChI=1S/C23H21N3O5/c1-2-13-24-23(28)20(25-22(27)16-7-4-3-5-8-16)15-19-11-12-21(31-19)17-9-6-10-18(14-17)26(29)30/h3-12,14-15H,2,13H2,1H3,(H,24,28)(H,25,27)/b20-15+. The first-order valence-electron chi connectivity index (χ1n) is 9.69. The van der Waals surface area contributed by atoms with E-state index >= 15 is 0 Å². The molecule has 2 amide bonds. The molecule has 0 radical (unpaired) electrons. The Morgan fingerprint density at radius 2 is 1.84 bits per heavy atom. The molecule has 8 nitrogen and oxygen atoms in total. The Morgan fingerprint density at radius 1 is 1.06 bits per heavy atom. The summed E-state index contributed by atoms with van der Waals surface area (Å²) < 4.78 is 5.75. The smallest absolute Gasteiger partial charge is 0.270 e. The average Bonchev–Trinajstić information content (AvgIpc) is 3.26. The Labute approximate surface area is 178 Å². The first-order chi connectivity index (χ1) is 15.0. The predicted molar refractivity (Wildman–Crippen MR) is 116 cm³/mol. The number of non-ortho nitro benzene ring substituents is 1. The fraction of sp³-hybridized carbons (Fsp3) is 0.130. The summed E-state index contributed by atoms with van der Waals surface area (Å²) in [5.41, 5.74) is 0.913. The molecule has 0 saturated carbocycles. The van der Waals surface area contributed by atoms with Crippen LogP contribution in [0.2, 0.25) is 0 Å². The molecule has 3 rings (SSSR count). The number of furan rings is 1. The first-order valence-corrected chi connectivity index (χ1v) is 9.69. The van der Waals surface area contributed by atoms with Gasteiger partial charge in [0.15, 0.2) is 0 Å². The van der Waals surface area contributed by atoms with Gasteiger partial charge in [0.05, 0.1) is 4.92 Å². The summed E-state index contributed by atoms with van der Waals surface area (Å²) in [5.74, 6) is -0.155. The number of rotatable bonds is 8. The Balaban J connectivity index is 1.88. The first kappa shape index (κ1) is 21.5. The molecule has 0 aliphatic rings. The van der Waals surface area contributed by atoms with Gasteiger partial charge in [0, 0.05) is 35.9 Å². The minimum absolute atomic E-state index is 0.0299. The summed E-state index contributed by atoms with van der Waals surface area (Å²) in [6.45, 7) is 2.37. The summed E-state index contributed by atoms with van der Waals surface area (Å²) in [6.07, 6.45) is 2.16. The van der Waals surface area contributed by atoms with Gasteiger partial charge in [-0.3, -0.25) is 19.7 Å². The lowest BCUT2D eigenvalue weighted by Crippen LogP contribution is -2.35. The van der Waals surface area contributed by atoms with Crippen molar-refractivity contribution in [2.45, 2.75) is 13.3 Å². The number of nitrogens with one attached hydrogen (secondary N) is 2. The zero-order chi connectivity index (χ0) is 22.2. The number of carbonyl (C=O) groups excluding carboxylic acids is 2. The summed E-state index contributed by atoms with van der Waals surface area (Å²) in [5, 5.41) is 16.4. The molecule has 0 unspecified atom stereocenters. The van der Waals surface area contributed by atoms with Crippen LogP contribution in [0.3, 0.4) is 0 Å². The van der Waals surface area contributed by atoms with Crippen LogP contribution in [0.5, 0.6) is 0 Å². The van der Waals surface area contributed by atoms with Crippen molar-refractivity contribution in [2.75, 3.05) is 6.54 Å². The number of hydrogen-bond donors (Lipinski definition) is 2. The van der Waals surface area contributed by atoms with Gasteiger partial charge in [-0.1, -0.05) is 37.3 Å². The van der Waals surface area contributed by atoms with E-state index in [1.807, 2.05) is 6.92 Å². The maximum Gasteiger partial charge on any atom is 0.270 e. The fourth-order valence-corrected chi connectivity index (χ4v) is 2.78. The van der Waals surface area contributed by atoms with E-state index in [0.717, 1.165) is 6.42 Å². The molecule has 2 aromatic carbocycles. The second kappa shape index (κ2) is 10.0. The Hall–Kier alpha value is -4.20. The van der Waals surface area contributed by atoms with Crippen LogP contribution in [-0.4, -0.2) is 23.3 Å². The maximum absolute atomic E-state index is 12.6. The van der Waals surface area contributed by atoms with Crippen molar-refractivity contribution < 1.29 is 18.9 Å². The third kappa shape index (κ3) is 5.66. The average molecular weight is 419 g/mol. The molecule has 0 saturated heterocycles. The minimum Gasteiger partial charge on any atom is -0.457 e. The van der Waals surface area contributed by atoms with Gasteiger partial charge >= 0.3 is 0 Å². The summed E-state index contributed by atoms with van der Waals surface area (Å²) in [7, 11) is 0. The number of amides is 2. The van der Waals surface area contributed by atoms with Crippen molar-refractivity contribution in [1.82, 2.24) is 10.6 Å². The third-order valence-corrected chi connectivity index (χ3v) is 4.32. The highest BCUT2D eigenvalue weighted by atomic mass is 16.6. The van der Waals surface area contributed by atoms with Crippen molar-refractivity contribution in [3.05, 3.63) is 93.9 Å². The molecule has 0 fully saturated rings. The summed E-state index contributed by atoms with van der Waals surface area (Å²) in [4.78, 5) is 35.6.